The summed E-state index contributed by atoms with van der Waals surface area (Å²) in [6.07, 6.45) is -2.28. The predicted octanol–water partition coefficient (Wildman–Crippen LogP) is 5.05. The SMILES string of the molecule is FC(F)(F)Oc1ccc(CSc2nnc(CN3CCCC3)n2-c2ccccc2)cc1. The van der Waals surface area contributed by atoms with Crippen LogP contribution in [0.1, 0.15) is 24.2 Å². The number of hydrogen-bond donors (Lipinski definition) is 0. The summed E-state index contributed by atoms with van der Waals surface area (Å²) < 4.78 is 42.9. The zero-order valence-corrected chi connectivity index (χ0v) is 17.0. The molecule has 1 aromatic heterocycles. The van der Waals surface area contributed by atoms with Crippen molar-refractivity contribution in [3.05, 3.63) is 66.0 Å². The van der Waals surface area contributed by atoms with Gasteiger partial charge in [-0.2, -0.15) is 0 Å². The summed E-state index contributed by atoms with van der Waals surface area (Å²) in [6.45, 7) is 2.87. The van der Waals surface area contributed by atoms with Crippen LogP contribution in [0.3, 0.4) is 0 Å². The van der Waals surface area contributed by atoms with E-state index in [4.69, 9.17) is 0 Å². The average Bonchev–Trinajstić information content (AvgIpc) is 3.37. The molecule has 158 valence electrons. The Hall–Kier alpha value is -2.52. The van der Waals surface area contributed by atoms with Crippen LogP contribution in [0.25, 0.3) is 5.69 Å². The van der Waals surface area contributed by atoms with Crippen LogP contribution in [0.4, 0.5) is 13.2 Å². The van der Waals surface area contributed by atoms with Crippen molar-refractivity contribution in [3.63, 3.8) is 0 Å². The number of hydrogen-bond acceptors (Lipinski definition) is 5. The van der Waals surface area contributed by atoms with Crippen molar-refractivity contribution in [2.24, 2.45) is 0 Å². The number of halogens is 3. The Kier molecular flexibility index (Phi) is 6.29. The third kappa shape index (κ3) is 5.34. The smallest absolute Gasteiger partial charge is 0.406 e. The maximum atomic E-state index is 12.3. The molecule has 5 nitrogen and oxygen atoms in total. The molecule has 3 aromatic rings. The zero-order chi connectivity index (χ0) is 21.0. The lowest BCUT2D eigenvalue weighted by molar-refractivity contribution is -0.274. The Balaban J connectivity index is 1.50. The predicted molar refractivity (Wildman–Crippen MR) is 109 cm³/mol. The van der Waals surface area contributed by atoms with Gasteiger partial charge in [-0.05, 0) is 55.8 Å². The van der Waals surface area contributed by atoms with Crippen molar-refractivity contribution in [3.8, 4) is 11.4 Å². The lowest BCUT2D eigenvalue weighted by Gasteiger charge is -2.16. The van der Waals surface area contributed by atoms with E-state index in [2.05, 4.69) is 24.4 Å². The molecule has 4 rings (SSSR count). The van der Waals surface area contributed by atoms with Crippen molar-refractivity contribution >= 4 is 11.8 Å². The molecule has 1 aliphatic rings. The lowest BCUT2D eigenvalue weighted by Crippen LogP contribution is -2.21. The molecule has 0 saturated carbocycles. The molecule has 0 bridgehead atoms. The summed E-state index contributed by atoms with van der Waals surface area (Å²) in [6, 6.07) is 15.9. The number of thioether (sulfide) groups is 1. The molecule has 0 N–H and O–H groups in total. The van der Waals surface area contributed by atoms with Gasteiger partial charge in [-0.25, -0.2) is 0 Å². The van der Waals surface area contributed by atoms with Crippen LogP contribution in [-0.4, -0.2) is 39.1 Å². The van der Waals surface area contributed by atoms with E-state index in [1.54, 1.807) is 12.1 Å². The van der Waals surface area contributed by atoms with Gasteiger partial charge in [-0.1, -0.05) is 42.1 Å². The molecule has 0 radical (unpaired) electrons. The van der Waals surface area contributed by atoms with Crippen LogP contribution in [0.15, 0.2) is 59.8 Å². The third-order valence-electron chi connectivity index (χ3n) is 4.80. The molecule has 30 heavy (non-hydrogen) atoms. The fraction of sp³-hybridized carbons (Fsp3) is 0.333. The zero-order valence-electron chi connectivity index (χ0n) is 16.2. The van der Waals surface area contributed by atoms with E-state index in [1.165, 1.54) is 36.7 Å². The molecule has 0 aliphatic carbocycles. The first kappa shape index (κ1) is 20.7. The minimum absolute atomic E-state index is 0.225. The highest BCUT2D eigenvalue weighted by Crippen LogP contribution is 2.28. The quantitative estimate of drug-likeness (QED) is 0.487. The van der Waals surface area contributed by atoms with Crippen molar-refractivity contribution in [1.29, 1.82) is 0 Å². The van der Waals surface area contributed by atoms with Gasteiger partial charge in [0, 0.05) is 11.4 Å². The molecule has 1 saturated heterocycles. The van der Waals surface area contributed by atoms with E-state index in [1.807, 2.05) is 30.3 Å². The number of ether oxygens (including phenoxy) is 1. The lowest BCUT2D eigenvalue weighted by atomic mass is 10.2. The second kappa shape index (κ2) is 9.09. The summed E-state index contributed by atoms with van der Waals surface area (Å²) in [5.74, 6) is 1.22. The molecule has 2 heterocycles. The minimum atomic E-state index is -4.69. The highest BCUT2D eigenvalue weighted by atomic mass is 32.2. The van der Waals surface area contributed by atoms with E-state index in [0.717, 1.165) is 41.9 Å². The van der Waals surface area contributed by atoms with E-state index < -0.39 is 6.36 Å². The van der Waals surface area contributed by atoms with Crippen LogP contribution in [0, 0.1) is 0 Å². The van der Waals surface area contributed by atoms with E-state index in [9.17, 15) is 13.2 Å². The van der Waals surface area contributed by atoms with Gasteiger partial charge in [0.1, 0.15) is 5.75 Å². The van der Waals surface area contributed by atoms with Gasteiger partial charge in [0.25, 0.3) is 0 Å². The van der Waals surface area contributed by atoms with Crippen molar-refractivity contribution < 1.29 is 17.9 Å². The fourth-order valence-electron chi connectivity index (χ4n) is 3.41. The Morgan fingerprint density at radius 3 is 2.30 bits per heavy atom. The molecule has 0 atom stereocenters. The topological polar surface area (TPSA) is 43.2 Å². The van der Waals surface area contributed by atoms with Crippen molar-refractivity contribution in [2.75, 3.05) is 13.1 Å². The van der Waals surface area contributed by atoms with Crippen LogP contribution in [-0.2, 0) is 12.3 Å². The van der Waals surface area contributed by atoms with Crippen molar-refractivity contribution in [1.82, 2.24) is 19.7 Å². The maximum absolute atomic E-state index is 12.3. The number of nitrogens with zero attached hydrogens (tertiary/aromatic N) is 4. The summed E-state index contributed by atoms with van der Waals surface area (Å²) in [5.41, 5.74) is 1.87. The van der Waals surface area contributed by atoms with Gasteiger partial charge in [-0.3, -0.25) is 9.47 Å². The summed E-state index contributed by atoms with van der Waals surface area (Å²) in [4.78, 5) is 2.37. The summed E-state index contributed by atoms with van der Waals surface area (Å²) in [7, 11) is 0. The first-order valence-corrected chi connectivity index (χ1v) is 10.7. The monoisotopic (exact) mass is 434 g/mol. The molecular formula is C21H21F3N4OS. The average molecular weight is 434 g/mol. The second-order valence-corrected chi connectivity index (χ2v) is 7.98. The third-order valence-corrected chi connectivity index (χ3v) is 5.80. The van der Waals surface area contributed by atoms with Crippen LogP contribution in [0.2, 0.25) is 0 Å². The molecule has 1 aliphatic heterocycles. The maximum Gasteiger partial charge on any atom is 0.573 e. The largest absolute Gasteiger partial charge is 0.573 e. The Morgan fingerprint density at radius 2 is 1.63 bits per heavy atom. The minimum Gasteiger partial charge on any atom is -0.406 e. The summed E-state index contributed by atoms with van der Waals surface area (Å²) >= 11 is 1.50. The first-order chi connectivity index (χ1) is 14.5. The van der Waals surface area contributed by atoms with Crippen molar-refractivity contribution in [2.45, 2.75) is 36.7 Å². The van der Waals surface area contributed by atoms with E-state index in [-0.39, 0.29) is 5.75 Å². The number of likely N-dealkylation sites (tertiary alicyclic amines) is 1. The van der Waals surface area contributed by atoms with E-state index in [0.29, 0.717) is 5.75 Å². The van der Waals surface area contributed by atoms with Crippen LogP contribution >= 0.6 is 11.8 Å². The summed E-state index contributed by atoms with van der Waals surface area (Å²) in [5, 5.41) is 9.58. The highest BCUT2D eigenvalue weighted by Gasteiger charge is 2.31. The van der Waals surface area contributed by atoms with E-state index >= 15 is 0 Å². The van der Waals surface area contributed by atoms with Gasteiger partial charge in [0.15, 0.2) is 11.0 Å². The number of benzene rings is 2. The Morgan fingerprint density at radius 1 is 0.933 bits per heavy atom. The van der Waals surface area contributed by atoms with Crippen LogP contribution < -0.4 is 4.74 Å². The van der Waals surface area contributed by atoms with Gasteiger partial charge in [0.2, 0.25) is 0 Å². The Labute approximate surface area is 176 Å². The normalized spacial score (nSPS) is 14.9. The standard InChI is InChI=1S/C21H21F3N4OS/c22-21(23,24)29-18-10-8-16(9-11-18)15-30-20-26-25-19(14-27-12-4-5-13-27)28(20)17-6-2-1-3-7-17/h1-3,6-11H,4-5,12-15H2. The number of alkyl halides is 3. The molecule has 0 spiro atoms. The molecule has 0 unspecified atom stereocenters. The Bertz CT molecular complexity index is 955. The van der Waals surface area contributed by atoms with Crippen LogP contribution in [0.5, 0.6) is 5.75 Å². The molecule has 1 fully saturated rings. The highest BCUT2D eigenvalue weighted by molar-refractivity contribution is 7.98. The molecule has 9 heteroatoms. The second-order valence-electron chi connectivity index (χ2n) is 7.03. The van der Waals surface area contributed by atoms with Gasteiger partial charge in [-0.15, -0.1) is 23.4 Å². The first-order valence-electron chi connectivity index (χ1n) is 9.67. The fourth-order valence-corrected chi connectivity index (χ4v) is 4.34. The van der Waals surface area contributed by atoms with Gasteiger partial charge < -0.3 is 4.74 Å². The van der Waals surface area contributed by atoms with Gasteiger partial charge in [0.05, 0.1) is 6.54 Å². The van der Waals surface area contributed by atoms with Gasteiger partial charge >= 0.3 is 6.36 Å². The number of aromatic nitrogens is 3. The number of para-hydroxylation sites is 1. The number of rotatable bonds is 7. The molecule has 0 amide bonds. The molecule has 2 aromatic carbocycles. The molecular weight excluding hydrogens is 413 g/mol.